The van der Waals surface area contributed by atoms with Gasteiger partial charge in [0.15, 0.2) is 11.5 Å². The van der Waals surface area contributed by atoms with Gasteiger partial charge in [0, 0.05) is 12.6 Å². The van der Waals surface area contributed by atoms with Crippen LogP contribution in [0.25, 0.3) is 0 Å². The fourth-order valence-corrected chi connectivity index (χ4v) is 3.27. The van der Waals surface area contributed by atoms with Crippen LogP contribution >= 0.6 is 0 Å². The first-order valence-electron chi connectivity index (χ1n) is 8.68. The summed E-state index contributed by atoms with van der Waals surface area (Å²) in [4.78, 5) is 2.46. The van der Waals surface area contributed by atoms with Gasteiger partial charge in [-0.1, -0.05) is 18.1 Å². The van der Waals surface area contributed by atoms with E-state index in [0.717, 1.165) is 48.9 Å². The Bertz CT molecular complexity index is 668. The molecule has 5 nitrogen and oxygen atoms in total. The van der Waals surface area contributed by atoms with E-state index in [1.807, 2.05) is 19.1 Å². The molecule has 2 heterocycles. The van der Waals surface area contributed by atoms with E-state index in [4.69, 9.17) is 14.0 Å². The van der Waals surface area contributed by atoms with Gasteiger partial charge >= 0.3 is 0 Å². The van der Waals surface area contributed by atoms with Gasteiger partial charge in [-0.25, -0.2) is 0 Å². The quantitative estimate of drug-likeness (QED) is 0.764. The van der Waals surface area contributed by atoms with Gasteiger partial charge in [0.2, 0.25) is 0 Å². The summed E-state index contributed by atoms with van der Waals surface area (Å²) in [6.07, 6.45) is 3.30. The predicted octanol–water partition coefficient (Wildman–Crippen LogP) is 4.12. The standard InChI is InChI=1S/C19H26N2O3/c1-4-10-23-18-8-7-15(12-19(18)22-3)13-21-9-5-6-17(21)16-11-14(2)24-20-16/h7-8,11-12,17H,4-6,9-10,13H2,1-3H3. The molecule has 1 atom stereocenters. The van der Waals surface area contributed by atoms with Crippen LogP contribution in [0.5, 0.6) is 11.5 Å². The molecular formula is C19H26N2O3. The third kappa shape index (κ3) is 3.73. The highest BCUT2D eigenvalue weighted by Gasteiger charge is 2.28. The third-order valence-corrected chi connectivity index (χ3v) is 4.43. The molecule has 0 spiro atoms. The molecule has 1 saturated heterocycles. The Morgan fingerprint density at radius 1 is 1.29 bits per heavy atom. The van der Waals surface area contributed by atoms with E-state index in [1.54, 1.807) is 7.11 Å². The van der Waals surface area contributed by atoms with Crippen LogP contribution in [0, 0.1) is 6.92 Å². The van der Waals surface area contributed by atoms with Crippen LogP contribution in [0.4, 0.5) is 0 Å². The van der Waals surface area contributed by atoms with Crippen molar-refractivity contribution >= 4 is 0 Å². The number of likely N-dealkylation sites (tertiary alicyclic amines) is 1. The van der Waals surface area contributed by atoms with Crippen molar-refractivity contribution in [1.82, 2.24) is 10.1 Å². The van der Waals surface area contributed by atoms with Crippen molar-refractivity contribution < 1.29 is 14.0 Å². The second kappa shape index (κ2) is 7.71. The summed E-state index contributed by atoms with van der Waals surface area (Å²) in [7, 11) is 1.69. The molecular weight excluding hydrogens is 304 g/mol. The lowest BCUT2D eigenvalue weighted by molar-refractivity contribution is 0.236. The van der Waals surface area contributed by atoms with E-state index < -0.39 is 0 Å². The van der Waals surface area contributed by atoms with E-state index in [9.17, 15) is 0 Å². The number of hydrogen-bond donors (Lipinski definition) is 0. The van der Waals surface area contributed by atoms with E-state index in [1.165, 1.54) is 12.0 Å². The highest BCUT2D eigenvalue weighted by Crippen LogP contribution is 2.34. The Hall–Kier alpha value is -2.01. The van der Waals surface area contributed by atoms with Crippen molar-refractivity contribution in [2.75, 3.05) is 20.3 Å². The third-order valence-electron chi connectivity index (χ3n) is 4.43. The molecule has 0 saturated carbocycles. The zero-order valence-electron chi connectivity index (χ0n) is 14.7. The number of aromatic nitrogens is 1. The average molecular weight is 330 g/mol. The highest BCUT2D eigenvalue weighted by atomic mass is 16.5. The van der Waals surface area contributed by atoms with Crippen molar-refractivity contribution in [3.8, 4) is 11.5 Å². The first-order valence-corrected chi connectivity index (χ1v) is 8.68. The van der Waals surface area contributed by atoms with Gasteiger partial charge < -0.3 is 14.0 Å². The molecule has 2 aromatic rings. The second-order valence-electron chi connectivity index (χ2n) is 6.32. The highest BCUT2D eigenvalue weighted by molar-refractivity contribution is 5.43. The monoisotopic (exact) mass is 330 g/mol. The molecule has 3 rings (SSSR count). The maximum Gasteiger partial charge on any atom is 0.161 e. The molecule has 1 aromatic heterocycles. The van der Waals surface area contributed by atoms with Gasteiger partial charge in [0.05, 0.1) is 19.8 Å². The minimum absolute atomic E-state index is 0.337. The largest absolute Gasteiger partial charge is 0.493 e. The Labute approximate surface area is 143 Å². The molecule has 1 aliphatic heterocycles. The van der Waals surface area contributed by atoms with Crippen LogP contribution in [0.15, 0.2) is 28.8 Å². The molecule has 1 unspecified atom stereocenters. The number of aryl methyl sites for hydroxylation is 1. The van der Waals surface area contributed by atoms with Crippen molar-refractivity contribution in [3.63, 3.8) is 0 Å². The molecule has 0 N–H and O–H groups in total. The van der Waals surface area contributed by atoms with Crippen LogP contribution in [0.1, 0.15) is 49.2 Å². The average Bonchev–Trinajstić information content (AvgIpc) is 3.22. The summed E-state index contributed by atoms with van der Waals surface area (Å²) in [6, 6.07) is 8.59. The number of ether oxygens (including phenoxy) is 2. The van der Waals surface area contributed by atoms with Gasteiger partial charge in [-0.3, -0.25) is 4.90 Å². The van der Waals surface area contributed by atoms with Gasteiger partial charge in [-0.15, -0.1) is 0 Å². The molecule has 1 aromatic carbocycles. The summed E-state index contributed by atoms with van der Waals surface area (Å²) < 4.78 is 16.5. The van der Waals surface area contributed by atoms with Crippen LogP contribution in [-0.4, -0.2) is 30.3 Å². The molecule has 1 aliphatic rings. The first-order chi connectivity index (χ1) is 11.7. The number of methoxy groups -OCH3 is 1. The summed E-state index contributed by atoms with van der Waals surface area (Å²) in [6.45, 7) is 6.69. The zero-order chi connectivity index (χ0) is 16.9. The van der Waals surface area contributed by atoms with Crippen molar-refractivity contribution in [2.24, 2.45) is 0 Å². The number of nitrogens with zero attached hydrogens (tertiary/aromatic N) is 2. The Morgan fingerprint density at radius 2 is 2.17 bits per heavy atom. The minimum atomic E-state index is 0.337. The fraction of sp³-hybridized carbons (Fsp3) is 0.526. The molecule has 0 radical (unpaired) electrons. The molecule has 0 aliphatic carbocycles. The molecule has 130 valence electrons. The maximum atomic E-state index is 5.73. The van der Waals surface area contributed by atoms with Gasteiger partial charge in [0.1, 0.15) is 11.5 Å². The summed E-state index contributed by atoms with van der Waals surface area (Å²) in [5, 5.41) is 4.21. The van der Waals surface area contributed by atoms with Crippen molar-refractivity contribution in [3.05, 3.63) is 41.3 Å². The van der Waals surface area contributed by atoms with Crippen LogP contribution < -0.4 is 9.47 Å². The topological polar surface area (TPSA) is 47.7 Å². The lowest BCUT2D eigenvalue weighted by atomic mass is 10.1. The Morgan fingerprint density at radius 3 is 2.88 bits per heavy atom. The fourth-order valence-electron chi connectivity index (χ4n) is 3.27. The number of benzene rings is 1. The summed E-state index contributed by atoms with van der Waals surface area (Å²) in [5.74, 6) is 2.48. The van der Waals surface area contributed by atoms with E-state index in [-0.39, 0.29) is 0 Å². The lowest BCUT2D eigenvalue weighted by Gasteiger charge is -2.23. The molecule has 1 fully saturated rings. The molecule has 0 amide bonds. The van der Waals surface area contributed by atoms with Crippen LogP contribution in [0.3, 0.4) is 0 Å². The number of rotatable bonds is 7. The van der Waals surface area contributed by atoms with Gasteiger partial charge in [-0.2, -0.15) is 0 Å². The first kappa shape index (κ1) is 16.8. The van der Waals surface area contributed by atoms with E-state index >= 15 is 0 Å². The van der Waals surface area contributed by atoms with Gasteiger partial charge in [-0.05, 0) is 50.4 Å². The van der Waals surface area contributed by atoms with Crippen LogP contribution in [0.2, 0.25) is 0 Å². The summed E-state index contributed by atoms with van der Waals surface area (Å²) in [5.41, 5.74) is 2.27. The van der Waals surface area contributed by atoms with E-state index in [0.29, 0.717) is 12.6 Å². The lowest BCUT2D eigenvalue weighted by Crippen LogP contribution is -2.23. The predicted molar refractivity (Wildman–Crippen MR) is 92.4 cm³/mol. The molecule has 5 heteroatoms. The minimum Gasteiger partial charge on any atom is -0.493 e. The Kier molecular flexibility index (Phi) is 5.41. The van der Waals surface area contributed by atoms with E-state index in [2.05, 4.69) is 29.1 Å². The van der Waals surface area contributed by atoms with Crippen LogP contribution in [-0.2, 0) is 6.54 Å². The molecule has 24 heavy (non-hydrogen) atoms. The Balaban J connectivity index is 1.72. The second-order valence-corrected chi connectivity index (χ2v) is 6.32. The van der Waals surface area contributed by atoms with Gasteiger partial charge in [0.25, 0.3) is 0 Å². The van der Waals surface area contributed by atoms with Crippen molar-refractivity contribution in [1.29, 1.82) is 0 Å². The van der Waals surface area contributed by atoms with Crippen molar-refractivity contribution in [2.45, 2.75) is 45.7 Å². The normalized spacial score (nSPS) is 18.0. The summed E-state index contributed by atoms with van der Waals surface area (Å²) >= 11 is 0. The SMILES string of the molecule is CCCOc1ccc(CN2CCCC2c2cc(C)on2)cc1OC. The molecule has 0 bridgehead atoms. The zero-order valence-corrected chi connectivity index (χ0v) is 14.7. The number of hydrogen-bond acceptors (Lipinski definition) is 5. The smallest absolute Gasteiger partial charge is 0.161 e. The maximum absolute atomic E-state index is 5.73.